The molecule has 188 valence electrons. The van der Waals surface area contributed by atoms with E-state index in [9.17, 15) is 18.0 Å². The summed E-state index contributed by atoms with van der Waals surface area (Å²) in [7, 11) is -2.09. The van der Waals surface area contributed by atoms with Gasteiger partial charge in [-0.1, -0.05) is 18.6 Å². The molecule has 10 heteroatoms. The molecule has 1 saturated carbocycles. The van der Waals surface area contributed by atoms with Crippen LogP contribution in [0.15, 0.2) is 53.6 Å². The zero-order valence-electron chi connectivity index (χ0n) is 20.2. The third-order valence-corrected chi connectivity index (χ3v) is 8.29. The normalized spacial score (nSPS) is 16.8. The van der Waals surface area contributed by atoms with E-state index in [1.54, 1.807) is 36.3 Å². The molecule has 2 aromatic carbocycles. The van der Waals surface area contributed by atoms with E-state index in [1.165, 1.54) is 4.68 Å². The summed E-state index contributed by atoms with van der Waals surface area (Å²) in [6.45, 7) is 0.328. The van der Waals surface area contributed by atoms with Crippen LogP contribution in [0.4, 0.5) is 5.69 Å². The monoisotopic (exact) mass is 508 g/mol. The Bertz CT molecular complexity index is 1440. The molecule has 1 fully saturated rings. The van der Waals surface area contributed by atoms with E-state index in [1.807, 2.05) is 24.3 Å². The van der Waals surface area contributed by atoms with Gasteiger partial charge >= 0.3 is 0 Å². The first kappa shape index (κ1) is 24.1. The number of carbonyl (C=O) groups is 2. The molecule has 0 spiro atoms. The predicted molar refractivity (Wildman–Crippen MR) is 134 cm³/mol. The number of anilines is 1. The SMILES string of the molecule is COc1ccc(-n2nc(S(C)(=O)=O)c3c2C(=O)N(c2ccc(C4(CC(N)=O)CCC4)cc2)CC3)cc1. The zero-order valence-corrected chi connectivity index (χ0v) is 21.0. The van der Waals surface area contributed by atoms with Gasteiger partial charge in [0.15, 0.2) is 14.9 Å². The highest BCUT2D eigenvalue weighted by Crippen LogP contribution is 2.46. The first-order valence-electron chi connectivity index (χ1n) is 11.8. The molecular weight excluding hydrogens is 480 g/mol. The van der Waals surface area contributed by atoms with Crippen molar-refractivity contribution in [3.8, 4) is 11.4 Å². The molecule has 1 aliphatic carbocycles. The minimum atomic E-state index is -3.64. The summed E-state index contributed by atoms with van der Waals surface area (Å²) < 4.78 is 31.6. The molecule has 9 nitrogen and oxygen atoms in total. The van der Waals surface area contributed by atoms with Gasteiger partial charge < -0.3 is 15.4 Å². The van der Waals surface area contributed by atoms with Crippen molar-refractivity contribution in [1.82, 2.24) is 9.78 Å². The van der Waals surface area contributed by atoms with Gasteiger partial charge in [0.2, 0.25) is 5.91 Å². The molecule has 2 aliphatic rings. The number of amides is 2. The minimum absolute atomic E-state index is 0.0740. The van der Waals surface area contributed by atoms with Crippen LogP contribution in [0, 0.1) is 0 Å². The van der Waals surface area contributed by atoms with Crippen LogP contribution in [0.5, 0.6) is 5.75 Å². The number of hydrogen-bond acceptors (Lipinski definition) is 6. The number of primary amides is 1. The van der Waals surface area contributed by atoms with Gasteiger partial charge in [-0.15, -0.1) is 0 Å². The predicted octanol–water partition coefficient (Wildman–Crippen LogP) is 2.78. The average molecular weight is 509 g/mol. The van der Waals surface area contributed by atoms with Crippen LogP contribution >= 0.6 is 0 Å². The minimum Gasteiger partial charge on any atom is -0.497 e. The summed E-state index contributed by atoms with van der Waals surface area (Å²) in [5.74, 6) is 0.000392. The number of aromatic nitrogens is 2. The number of ether oxygens (including phenoxy) is 1. The van der Waals surface area contributed by atoms with E-state index in [2.05, 4.69) is 5.10 Å². The van der Waals surface area contributed by atoms with Crippen LogP contribution in [0.3, 0.4) is 0 Å². The second kappa shape index (κ2) is 8.77. The van der Waals surface area contributed by atoms with Gasteiger partial charge in [-0.2, -0.15) is 5.10 Å². The summed E-state index contributed by atoms with van der Waals surface area (Å²) in [5.41, 5.74) is 8.25. The fraction of sp³-hybridized carbons (Fsp3) is 0.346. The smallest absolute Gasteiger partial charge is 0.277 e. The van der Waals surface area contributed by atoms with Gasteiger partial charge in [-0.25, -0.2) is 13.1 Å². The van der Waals surface area contributed by atoms with E-state index < -0.39 is 9.84 Å². The summed E-state index contributed by atoms with van der Waals surface area (Å²) in [5, 5.41) is 4.28. The molecule has 1 aromatic heterocycles. The molecule has 0 radical (unpaired) electrons. The van der Waals surface area contributed by atoms with Crippen LogP contribution < -0.4 is 15.4 Å². The van der Waals surface area contributed by atoms with E-state index in [0.29, 0.717) is 42.1 Å². The Labute approximate surface area is 209 Å². The van der Waals surface area contributed by atoms with Gasteiger partial charge in [-0.05, 0) is 61.2 Å². The van der Waals surface area contributed by atoms with Crippen molar-refractivity contribution >= 4 is 27.3 Å². The Hall–Kier alpha value is -3.66. The summed E-state index contributed by atoms with van der Waals surface area (Å²) in [6, 6.07) is 14.6. The first-order valence-corrected chi connectivity index (χ1v) is 13.7. The Morgan fingerprint density at radius 1 is 1.08 bits per heavy atom. The maximum Gasteiger partial charge on any atom is 0.277 e. The second-order valence-electron chi connectivity index (χ2n) is 9.54. The zero-order chi connectivity index (χ0) is 25.7. The molecule has 36 heavy (non-hydrogen) atoms. The molecular formula is C26H28N4O5S. The summed E-state index contributed by atoms with van der Waals surface area (Å²) in [6.07, 6.45) is 4.65. The summed E-state index contributed by atoms with van der Waals surface area (Å²) >= 11 is 0. The van der Waals surface area contributed by atoms with Crippen molar-refractivity contribution in [2.75, 3.05) is 24.8 Å². The number of nitrogens with two attached hydrogens (primary N) is 1. The van der Waals surface area contributed by atoms with Crippen LogP contribution in [-0.4, -0.2) is 49.9 Å². The van der Waals surface area contributed by atoms with Crippen molar-refractivity contribution in [1.29, 1.82) is 0 Å². The van der Waals surface area contributed by atoms with E-state index in [-0.39, 0.29) is 27.9 Å². The molecule has 0 unspecified atom stereocenters. The molecule has 1 aliphatic heterocycles. The molecule has 2 N–H and O–H groups in total. The lowest BCUT2D eigenvalue weighted by molar-refractivity contribution is -0.120. The number of hydrogen-bond donors (Lipinski definition) is 1. The van der Waals surface area contributed by atoms with Crippen LogP contribution in [0.1, 0.15) is 47.3 Å². The number of benzene rings is 2. The Morgan fingerprint density at radius 3 is 2.25 bits per heavy atom. The second-order valence-corrected chi connectivity index (χ2v) is 11.5. The fourth-order valence-electron chi connectivity index (χ4n) is 5.28. The van der Waals surface area contributed by atoms with Crippen LogP contribution in [0.25, 0.3) is 5.69 Å². The lowest BCUT2D eigenvalue weighted by Crippen LogP contribution is -2.40. The topological polar surface area (TPSA) is 125 Å². The Morgan fingerprint density at radius 2 is 1.72 bits per heavy atom. The van der Waals surface area contributed by atoms with Gasteiger partial charge in [0, 0.05) is 35.9 Å². The van der Waals surface area contributed by atoms with Crippen molar-refractivity contribution in [3.05, 3.63) is 65.4 Å². The third kappa shape index (κ3) is 4.05. The molecule has 0 atom stereocenters. The van der Waals surface area contributed by atoms with Crippen molar-refractivity contribution in [2.45, 2.75) is 42.5 Å². The lowest BCUT2D eigenvalue weighted by atomic mass is 9.62. The molecule has 0 saturated heterocycles. The van der Waals surface area contributed by atoms with Crippen molar-refractivity contribution in [3.63, 3.8) is 0 Å². The largest absolute Gasteiger partial charge is 0.497 e. The first-order chi connectivity index (χ1) is 17.1. The Kier molecular flexibility index (Phi) is 5.86. The van der Waals surface area contributed by atoms with Crippen molar-refractivity contribution < 1.29 is 22.7 Å². The number of nitrogens with zero attached hydrogens (tertiary/aromatic N) is 3. The fourth-order valence-corrected chi connectivity index (χ4v) is 6.16. The molecule has 0 bridgehead atoms. The molecule has 3 aromatic rings. The molecule has 2 heterocycles. The Balaban J connectivity index is 1.52. The lowest BCUT2D eigenvalue weighted by Gasteiger charge is -2.42. The number of rotatable bonds is 7. The van der Waals surface area contributed by atoms with Gasteiger partial charge in [0.1, 0.15) is 11.4 Å². The highest BCUT2D eigenvalue weighted by molar-refractivity contribution is 7.90. The van der Waals surface area contributed by atoms with E-state index in [0.717, 1.165) is 31.1 Å². The van der Waals surface area contributed by atoms with Crippen LogP contribution in [-0.2, 0) is 26.5 Å². The van der Waals surface area contributed by atoms with Gasteiger partial charge in [0.05, 0.1) is 12.8 Å². The van der Waals surface area contributed by atoms with Gasteiger partial charge in [0.25, 0.3) is 5.91 Å². The van der Waals surface area contributed by atoms with Crippen molar-refractivity contribution in [2.24, 2.45) is 5.73 Å². The number of methoxy groups -OCH3 is 1. The standard InChI is InChI=1S/C26H28N4O5S/c1-35-20-10-8-19(9-11-20)30-23-21(24(28-30)36(2,33)34)12-15-29(25(23)32)18-6-4-17(5-7-18)26(13-3-14-26)16-22(27)31/h4-11H,3,12-16H2,1-2H3,(H2,27,31). The highest BCUT2D eigenvalue weighted by atomic mass is 32.2. The summed E-state index contributed by atoms with van der Waals surface area (Å²) in [4.78, 5) is 27.0. The number of fused-ring (bicyclic) bond motifs is 1. The maximum absolute atomic E-state index is 13.8. The third-order valence-electron chi connectivity index (χ3n) is 7.26. The molecule has 5 rings (SSSR count). The van der Waals surface area contributed by atoms with Gasteiger partial charge in [-0.3, -0.25) is 9.59 Å². The average Bonchev–Trinajstić information content (AvgIpc) is 3.23. The van der Waals surface area contributed by atoms with E-state index >= 15 is 0 Å². The number of sulfone groups is 1. The number of carbonyl (C=O) groups excluding carboxylic acids is 2. The van der Waals surface area contributed by atoms with Crippen LogP contribution in [0.2, 0.25) is 0 Å². The molecule has 2 amide bonds. The quantitative estimate of drug-likeness (QED) is 0.523. The highest BCUT2D eigenvalue weighted by Gasteiger charge is 2.40. The maximum atomic E-state index is 13.8. The van der Waals surface area contributed by atoms with E-state index in [4.69, 9.17) is 10.5 Å².